The smallest absolute Gasteiger partial charge is 0.254 e. The van der Waals surface area contributed by atoms with Crippen molar-refractivity contribution in [3.8, 4) is 0 Å². The molecule has 1 aliphatic carbocycles. The predicted octanol–water partition coefficient (Wildman–Crippen LogP) is 3.64. The molecule has 1 fully saturated rings. The Hall–Kier alpha value is -1.16. The van der Waals surface area contributed by atoms with Crippen LogP contribution in [0, 0.1) is 12.8 Å². The molecule has 0 saturated heterocycles. The van der Waals surface area contributed by atoms with Crippen LogP contribution in [0.2, 0.25) is 0 Å². The van der Waals surface area contributed by atoms with Crippen LogP contribution in [0.15, 0.2) is 4.79 Å². The summed E-state index contributed by atoms with van der Waals surface area (Å²) in [6, 6.07) is 0. The van der Waals surface area contributed by atoms with Crippen molar-refractivity contribution in [2.45, 2.75) is 71.8 Å². The van der Waals surface area contributed by atoms with Gasteiger partial charge in [0.15, 0.2) is 0 Å². The Balaban J connectivity index is 2.49. The lowest BCUT2D eigenvalue weighted by Crippen LogP contribution is -2.39. The number of hydrogen-bond donors (Lipinski definition) is 1. The Morgan fingerprint density at radius 1 is 1.48 bits per heavy atom. The highest BCUT2D eigenvalue weighted by Gasteiger charge is 2.40. The summed E-state index contributed by atoms with van der Waals surface area (Å²) in [7, 11) is 0. The molecule has 0 aliphatic heterocycles. The molecule has 1 aliphatic rings. The van der Waals surface area contributed by atoms with Crippen LogP contribution in [0.5, 0.6) is 0 Å². The Bertz CT molecular complexity index is 546. The molecule has 1 heterocycles. The van der Waals surface area contributed by atoms with Gasteiger partial charge in [0, 0.05) is 17.9 Å². The standard InChI is InChI=1S/C17H28N2O2/c1-6-21-17(9-7-8-12(4)10-17)16-18-13(5)14(11(2)3)15(20)19-16/h11-12H,6-10H2,1-5H3,(H,18,19,20). The van der Waals surface area contributed by atoms with Crippen molar-refractivity contribution >= 4 is 0 Å². The Labute approximate surface area is 127 Å². The second-order valence-electron chi connectivity index (χ2n) is 6.70. The molecule has 1 saturated carbocycles. The lowest BCUT2D eigenvalue weighted by molar-refractivity contribution is -0.0883. The van der Waals surface area contributed by atoms with E-state index in [-0.39, 0.29) is 11.5 Å². The van der Waals surface area contributed by atoms with Gasteiger partial charge in [0.05, 0.1) is 0 Å². The first-order valence-electron chi connectivity index (χ1n) is 8.15. The van der Waals surface area contributed by atoms with Crippen LogP contribution in [0.25, 0.3) is 0 Å². The van der Waals surface area contributed by atoms with E-state index in [1.165, 1.54) is 6.42 Å². The van der Waals surface area contributed by atoms with Gasteiger partial charge >= 0.3 is 0 Å². The Kier molecular flexibility index (Phi) is 4.87. The van der Waals surface area contributed by atoms with Crippen molar-refractivity contribution in [2.24, 2.45) is 5.92 Å². The number of nitrogens with zero attached hydrogens (tertiary/aromatic N) is 1. The van der Waals surface area contributed by atoms with Gasteiger partial charge in [-0.05, 0) is 44.9 Å². The monoisotopic (exact) mass is 292 g/mol. The second-order valence-corrected chi connectivity index (χ2v) is 6.70. The average Bonchev–Trinajstić information content (AvgIpc) is 2.37. The minimum absolute atomic E-state index is 0.00944. The van der Waals surface area contributed by atoms with Gasteiger partial charge in [0.25, 0.3) is 5.56 Å². The van der Waals surface area contributed by atoms with Gasteiger partial charge in [0.2, 0.25) is 0 Å². The molecule has 1 aromatic rings. The third kappa shape index (κ3) is 3.20. The molecule has 0 amide bonds. The van der Waals surface area contributed by atoms with Gasteiger partial charge < -0.3 is 9.72 Å². The maximum absolute atomic E-state index is 12.4. The van der Waals surface area contributed by atoms with Crippen molar-refractivity contribution < 1.29 is 4.74 Å². The molecule has 0 aromatic carbocycles. The van der Waals surface area contributed by atoms with Crippen LogP contribution < -0.4 is 5.56 Å². The first-order valence-corrected chi connectivity index (χ1v) is 8.15. The molecule has 0 radical (unpaired) electrons. The average molecular weight is 292 g/mol. The summed E-state index contributed by atoms with van der Waals surface area (Å²) < 4.78 is 6.10. The van der Waals surface area contributed by atoms with E-state index in [4.69, 9.17) is 9.72 Å². The minimum Gasteiger partial charge on any atom is -0.367 e. The zero-order valence-electron chi connectivity index (χ0n) is 14.0. The fourth-order valence-corrected chi connectivity index (χ4v) is 3.68. The molecule has 4 nitrogen and oxygen atoms in total. The summed E-state index contributed by atoms with van der Waals surface area (Å²) in [6.07, 6.45) is 4.22. The number of ether oxygens (including phenoxy) is 1. The van der Waals surface area contributed by atoms with E-state index in [1.54, 1.807) is 0 Å². The molecule has 1 aromatic heterocycles. The van der Waals surface area contributed by atoms with Gasteiger partial charge in [-0.2, -0.15) is 0 Å². The highest BCUT2D eigenvalue weighted by atomic mass is 16.5. The van der Waals surface area contributed by atoms with Gasteiger partial charge in [-0.1, -0.05) is 27.2 Å². The van der Waals surface area contributed by atoms with Crippen LogP contribution in [0.1, 0.15) is 76.4 Å². The number of nitrogens with one attached hydrogen (secondary N) is 1. The van der Waals surface area contributed by atoms with Crippen LogP contribution in [-0.4, -0.2) is 16.6 Å². The van der Waals surface area contributed by atoms with Crippen molar-refractivity contribution in [1.82, 2.24) is 9.97 Å². The van der Waals surface area contributed by atoms with E-state index in [0.29, 0.717) is 12.5 Å². The van der Waals surface area contributed by atoms with E-state index in [2.05, 4.69) is 11.9 Å². The summed E-state index contributed by atoms with van der Waals surface area (Å²) >= 11 is 0. The van der Waals surface area contributed by atoms with E-state index < -0.39 is 5.60 Å². The maximum atomic E-state index is 12.4. The highest BCUT2D eigenvalue weighted by Crippen LogP contribution is 2.41. The quantitative estimate of drug-likeness (QED) is 0.921. The first-order chi connectivity index (χ1) is 9.89. The lowest BCUT2D eigenvalue weighted by Gasteiger charge is -2.39. The van der Waals surface area contributed by atoms with E-state index in [0.717, 1.165) is 36.3 Å². The van der Waals surface area contributed by atoms with Crippen LogP contribution in [-0.2, 0) is 10.3 Å². The molecule has 2 atom stereocenters. The topological polar surface area (TPSA) is 55.0 Å². The summed E-state index contributed by atoms with van der Waals surface area (Å²) in [4.78, 5) is 20.2. The zero-order valence-corrected chi connectivity index (χ0v) is 14.0. The molecule has 0 spiro atoms. The molecule has 1 N–H and O–H groups in total. The van der Waals surface area contributed by atoms with Gasteiger partial charge in [-0.25, -0.2) is 4.98 Å². The van der Waals surface area contributed by atoms with Crippen molar-refractivity contribution in [3.05, 3.63) is 27.4 Å². The largest absolute Gasteiger partial charge is 0.367 e. The number of rotatable bonds is 4. The van der Waals surface area contributed by atoms with Crippen molar-refractivity contribution in [2.75, 3.05) is 6.61 Å². The number of aryl methyl sites for hydroxylation is 1. The Morgan fingerprint density at radius 2 is 2.19 bits per heavy atom. The number of aromatic nitrogens is 2. The molecular weight excluding hydrogens is 264 g/mol. The SMILES string of the molecule is CCOC1(c2nc(C)c(C(C)C)c(=O)[nH]2)CCCC(C)C1. The summed E-state index contributed by atoms with van der Waals surface area (Å²) in [5.41, 5.74) is 1.20. The van der Waals surface area contributed by atoms with Crippen LogP contribution >= 0.6 is 0 Å². The van der Waals surface area contributed by atoms with E-state index in [1.807, 2.05) is 27.7 Å². The lowest BCUT2D eigenvalue weighted by atomic mass is 9.78. The van der Waals surface area contributed by atoms with Crippen molar-refractivity contribution in [3.63, 3.8) is 0 Å². The molecule has 118 valence electrons. The van der Waals surface area contributed by atoms with Crippen LogP contribution in [0.4, 0.5) is 0 Å². The van der Waals surface area contributed by atoms with Gasteiger partial charge in [-0.3, -0.25) is 4.79 Å². The zero-order chi connectivity index (χ0) is 15.6. The number of hydrogen-bond acceptors (Lipinski definition) is 3. The van der Waals surface area contributed by atoms with Gasteiger partial charge in [0.1, 0.15) is 11.4 Å². The highest BCUT2D eigenvalue weighted by molar-refractivity contribution is 5.22. The molecular formula is C17H28N2O2. The molecule has 4 heteroatoms. The van der Waals surface area contributed by atoms with E-state index >= 15 is 0 Å². The fourth-order valence-electron chi connectivity index (χ4n) is 3.68. The molecule has 2 unspecified atom stereocenters. The summed E-state index contributed by atoms with van der Waals surface area (Å²) in [5.74, 6) is 1.51. The minimum atomic E-state index is -0.411. The van der Waals surface area contributed by atoms with Crippen LogP contribution in [0.3, 0.4) is 0 Å². The third-order valence-corrected chi connectivity index (χ3v) is 4.53. The van der Waals surface area contributed by atoms with E-state index in [9.17, 15) is 4.79 Å². The number of aromatic amines is 1. The normalized spacial score (nSPS) is 26.3. The maximum Gasteiger partial charge on any atom is 0.254 e. The first kappa shape index (κ1) is 16.2. The Morgan fingerprint density at radius 3 is 2.71 bits per heavy atom. The second kappa shape index (κ2) is 6.30. The third-order valence-electron chi connectivity index (χ3n) is 4.53. The molecule has 0 bridgehead atoms. The summed E-state index contributed by atoms with van der Waals surface area (Å²) in [6.45, 7) is 10.9. The van der Waals surface area contributed by atoms with Gasteiger partial charge in [-0.15, -0.1) is 0 Å². The predicted molar refractivity (Wildman–Crippen MR) is 84.6 cm³/mol. The number of H-pyrrole nitrogens is 1. The van der Waals surface area contributed by atoms with Crippen molar-refractivity contribution in [1.29, 1.82) is 0 Å². The fraction of sp³-hybridized carbons (Fsp3) is 0.765. The summed E-state index contributed by atoms with van der Waals surface area (Å²) in [5, 5.41) is 0. The molecule has 21 heavy (non-hydrogen) atoms. The molecule has 2 rings (SSSR count).